The minimum absolute atomic E-state index is 0.0468. The maximum Gasteiger partial charge on any atom is 0.339 e. The monoisotopic (exact) mass is 283 g/mol. The number of nitro groups is 1. The first kappa shape index (κ1) is 15.3. The Morgan fingerprint density at radius 1 is 1.40 bits per heavy atom. The highest BCUT2D eigenvalue weighted by atomic mass is 16.6. The second-order valence-electron chi connectivity index (χ2n) is 3.75. The van der Waals surface area contributed by atoms with Crippen LogP contribution < -0.4 is 4.90 Å². The molecule has 0 unspecified atom stereocenters. The van der Waals surface area contributed by atoms with Gasteiger partial charge in [0.25, 0.3) is 0 Å². The fourth-order valence-corrected chi connectivity index (χ4v) is 1.44. The van der Waals surface area contributed by atoms with E-state index in [0.29, 0.717) is 0 Å². The van der Waals surface area contributed by atoms with Gasteiger partial charge in [0.15, 0.2) is 0 Å². The lowest BCUT2D eigenvalue weighted by atomic mass is 10.2. The van der Waals surface area contributed by atoms with E-state index < -0.39 is 22.5 Å². The standard InChI is InChI=1S/C11H13N3O6/c1-13(6-9(15)19-2)10-8(14(17)18)4-7(5-12-10)11(16)20-3/h4-5H,6H2,1-3H3. The SMILES string of the molecule is COC(=O)CN(C)c1ncc(C(=O)OC)cc1[N+](=O)[O-]. The summed E-state index contributed by atoms with van der Waals surface area (Å²) in [6, 6.07) is 1.04. The molecule has 9 nitrogen and oxygen atoms in total. The summed E-state index contributed by atoms with van der Waals surface area (Å²) in [5.41, 5.74) is -0.450. The Hall–Kier alpha value is -2.71. The molecule has 0 saturated heterocycles. The van der Waals surface area contributed by atoms with Gasteiger partial charge < -0.3 is 14.4 Å². The average Bonchev–Trinajstić information content (AvgIpc) is 2.45. The zero-order chi connectivity index (χ0) is 15.3. The molecule has 0 radical (unpaired) electrons. The smallest absolute Gasteiger partial charge is 0.339 e. The molecule has 0 N–H and O–H groups in total. The molecule has 0 aliphatic carbocycles. The molecule has 0 amide bonds. The van der Waals surface area contributed by atoms with Gasteiger partial charge in [0.05, 0.1) is 24.7 Å². The van der Waals surface area contributed by atoms with Gasteiger partial charge in [-0.1, -0.05) is 0 Å². The van der Waals surface area contributed by atoms with E-state index in [0.717, 1.165) is 19.4 Å². The van der Waals surface area contributed by atoms with Crippen LogP contribution >= 0.6 is 0 Å². The van der Waals surface area contributed by atoms with Crippen LogP contribution in [-0.2, 0) is 14.3 Å². The number of esters is 2. The number of pyridine rings is 1. The Morgan fingerprint density at radius 3 is 2.55 bits per heavy atom. The summed E-state index contributed by atoms with van der Waals surface area (Å²) in [5.74, 6) is -1.35. The highest BCUT2D eigenvalue weighted by Crippen LogP contribution is 2.25. The third kappa shape index (κ3) is 3.40. The third-order valence-electron chi connectivity index (χ3n) is 2.42. The summed E-state index contributed by atoms with van der Waals surface area (Å²) in [5, 5.41) is 11.0. The minimum atomic E-state index is -0.734. The zero-order valence-electron chi connectivity index (χ0n) is 11.2. The molecule has 1 rings (SSSR count). The highest BCUT2D eigenvalue weighted by Gasteiger charge is 2.23. The van der Waals surface area contributed by atoms with Crippen molar-refractivity contribution in [3.8, 4) is 0 Å². The fraction of sp³-hybridized carbons (Fsp3) is 0.364. The lowest BCUT2D eigenvalue weighted by Crippen LogP contribution is -2.28. The van der Waals surface area contributed by atoms with Crippen molar-refractivity contribution in [3.05, 3.63) is 27.9 Å². The van der Waals surface area contributed by atoms with Crippen LogP contribution in [0.3, 0.4) is 0 Å². The number of methoxy groups -OCH3 is 2. The Labute approximate surface area is 114 Å². The van der Waals surface area contributed by atoms with Crippen molar-refractivity contribution in [1.29, 1.82) is 0 Å². The highest BCUT2D eigenvalue weighted by molar-refractivity contribution is 5.90. The second-order valence-corrected chi connectivity index (χ2v) is 3.75. The summed E-state index contributed by atoms with van der Waals surface area (Å²) in [4.78, 5) is 37.9. The first-order chi connectivity index (χ1) is 9.40. The normalized spacial score (nSPS) is 9.75. The van der Waals surface area contributed by atoms with E-state index >= 15 is 0 Å². The number of carbonyl (C=O) groups excluding carboxylic acids is 2. The van der Waals surface area contributed by atoms with Crippen LogP contribution in [0.15, 0.2) is 12.3 Å². The van der Waals surface area contributed by atoms with Gasteiger partial charge >= 0.3 is 17.6 Å². The maximum absolute atomic E-state index is 11.3. The van der Waals surface area contributed by atoms with Crippen LogP contribution in [-0.4, -0.2) is 49.7 Å². The summed E-state index contributed by atoms with van der Waals surface area (Å²) in [6.07, 6.45) is 1.14. The number of aromatic nitrogens is 1. The van der Waals surface area contributed by atoms with Gasteiger partial charge in [-0.15, -0.1) is 0 Å². The molecule has 1 aromatic heterocycles. The molecule has 0 aliphatic heterocycles. The molecular formula is C11H13N3O6. The molecule has 1 aromatic rings. The van der Waals surface area contributed by atoms with Crippen LogP contribution in [0.1, 0.15) is 10.4 Å². The Morgan fingerprint density at radius 2 is 2.05 bits per heavy atom. The summed E-state index contributed by atoms with van der Waals surface area (Å²) in [6.45, 7) is -0.206. The number of hydrogen-bond acceptors (Lipinski definition) is 8. The number of rotatable bonds is 5. The fourth-order valence-electron chi connectivity index (χ4n) is 1.44. The van der Waals surface area contributed by atoms with Crippen molar-refractivity contribution in [1.82, 2.24) is 4.98 Å². The van der Waals surface area contributed by atoms with Crippen molar-refractivity contribution in [2.24, 2.45) is 0 Å². The predicted octanol–water partition coefficient (Wildman–Crippen LogP) is 0.386. The molecule has 0 aromatic carbocycles. The molecule has 0 atom stereocenters. The molecule has 1 heterocycles. The van der Waals surface area contributed by atoms with Crippen LogP contribution in [0.5, 0.6) is 0 Å². The second kappa shape index (κ2) is 6.45. The van der Waals surface area contributed by atoms with Crippen LogP contribution in [0.25, 0.3) is 0 Å². The Kier molecular flexibility index (Phi) is 4.95. The van der Waals surface area contributed by atoms with E-state index in [1.54, 1.807) is 0 Å². The first-order valence-electron chi connectivity index (χ1n) is 5.41. The zero-order valence-corrected chi connectivity index (χ0v) is 11.2. The molecule has 0 fully saturated rings. The number of carbonyl (C=O) groups is 2. The van der Waals surface area contributed by atoms with E-state index in [1.807, 2.05) is 0 Å². The van der Waals surface area contributed by atoms with Gasteiger partial charge in [0.1, 0.15) is 6.54 Å². The number of nitrogens with zero attached hydrogens (tertiary/aromatic N) is 3. The number of ether oxygens (including phenoxy) is 2. The molecule has 9 heteroatoms. The van der Waals surface area contributed by atoms with Crippen molar-refractivity contribution in [2.45, 2.75) is 0 Å². The lowest BCUT2D eigenvalue weighted by Gasteiger charge is -2.16. The van der Waals surface area contributed by atoms with E-state index in [4.69, 9.17) is 0 Å². The summed E-state index contributed by atoms with van der Waals surface area (Å²) >= 11 is 0. The quantitative estimate of drug-likeness (QED) is 0.433. The van der Waals surface area contributed by atoms with Gasteiger partial charge in [0, 0.05) is 19.3 Å². The molecule has 0 spiro atoms. The lowest BCUT2D eigenvalue weighted by molar-refractivity contribution is -0.384. The predicted molar refractivity (Wildman–Crippen MR) is 67.5 cm³/mol. The van der Waals surface area contributed by atoms with E-state index in [2.05, 4.69) is 14.5 Å². The molecule has 108 valence electrons. The molecule has 0 bridgehead atoms. The minimum Gasteiger partial charge on any atom is -0.468 e. The first-order valence-corrected chi connectivity index (χ1v) is 5.41. The van der Waals surface area contributed by atoms with Crippen molar-refractivity contribution >= 4 is 23.4 Å². The maximum atomic E-state index is 11.3. The van der Waals surface area contributed by atoms with Crippen LogP contribution in [0.4, 0.5) is 11.5 Å². The topological polar surface area (TPSA) is 112 Å². The largest absolute Gasteiger partial charge is 0.468 e. The van der Waals surface area contributed by atoms with E-state index in [1.165, 1.54) is 19.1 Å². The van der Waals surface area contributed by atoms with Gasteiger partial charge in [-0.2, -0.15) is 0 Å². The molecule has 0 aliphatic rings. The third-order valence-corrected chi connectivity index (χ3v) is 2.42. The Balaban J connectivity index is 3.16. The van der Waals surface area contributed by atoms with Gasteiger partial charge in [-0.25, -0.2) is 9.78 Å². The van der Waals surface area contributed by atoms with Gasteiger partial charge in [-0.3, -0.25) is 14.9 Å². The van der Waals surface area contributed by atoms with E-state index in [-0.39, 0.29) is 17.9 Å². The van der Waals surface area contributed by atoms with Crippen molar-refractivity contribution in [2.75, 3.05) is 32.7 Å². The number of hydrogen-bond donors (Lipinski definition) is 0. The number of likely N-dealkylation sites (N-methyl/N-ethyl adjacent to an activating group) is 1. The molecule has 0 saturated carbocycles. The number of anilines is 1. The van der Waals surface area contributed by atoms with E-state index in [9.17, 15) is 19.7 Å². The molecule has 20 heavy (non-hydrogen) atoms. The molecular weight excluding hydrogens is 270 g/mol. The summed E-state index contributed by atoms with van der Waals surface area (Å²) < 4.78 is 8.93. The van der Waals surface area contributed by atoms with Gasteiger partial charge in [-0.05, 0) is 0 Å². The average molecular weight is 283 g/mol. The van der Waals surface area contributed by atoms with Gasteiger partial charge in [0.2, 0.25) is 5.82 Å². The van der Waals surface area contributed by atoms with Crippen molar-refractivity contribution < 1.29 is 24.0 Å². The van der Waals surface area contributed by atoms with Crippen molar-refractivity contribution in [3.63, 3.8) is 0 Å². The van der Waals surface area contributed by atoms with Crippen LogP contribution in [0, 0.1) is 10.1 Å². The Bertz CT molecular complexity index is 545. The van der Waals surface area contributed by atoms with Crippen LogP contribution in [0.2, 0.25) is 0 Å². The summed E-state index contributed by atoms with van der Waals surface area (Å²) in [7, 11) is 3.81.